The van der Waals surface area contributed by atoms with Crippen LogP contribution in [-0.4, -0.2) is 83.6 Å². The number of thioether (sulfide) groups is 2. The average Bonchev–Trinajstić information content (AvgIpc) is 1.58. The van der Waals surface area contributed by atoms with Gasteiger partial charge in [0.15, 0.2) is 0 Å². The molecule has 16 bridgehead atoms. The summed E-state index contributed by atoms with van der Waals surface area (Å²) >= 11 is 17.5. The lowest BCUT2D eigenvalue weighted by atomic mass is 9.88. The standard InChI is InChI=1S/2C36H40ClN5O3S/c2*1-21-32-30-13-12-28(37)34(32)33-22(2)40(3)39-29(33)20-46-19-25-18-26(41(4)38-25)11-10-23-16-24-8-5-6-9-27(24)31(17-23)45-15-7-14-42(30)35(21)36(43)44/h2*12-13,16-18H,5-11,14-15,19-20H2,1-4H3,(H,43,44). The molecule has 20 heteroatoms. The number of hydrogen-bond acceptors (Lipinski definition) is 10. The van der Waals surface area contributed by atoms with E-state index in [9.17, 15) is 19.8 Å². The molecule has 4 aliphatic rings. The molecule has 0 spiro atoms. The number of aryl methyl sites for hydroxylation is 14. The molecule has 2 N–H and O–H groups in total. The molecule has 92 heavy (non-hydrogen) atoms. The molecule has 10 aromatic rings. The van der Waals surface area contributed by atoms with Gasteiger partial charge in [-0.25, -0.2) is 9.59 Å². The summed E-state index contributed by atoms with van der Waals surface area (Å²) in [7, 11) is 7.96. The maximum Gasteiger partial charge on any atom is 0.352 e. The smallest absolute Gasteiger partial charge is 0.352 e. The van der Waals surface area contributed by atoms with Crippen LogP contribution < -0.4 is 9.47 Å². The van der Waals surface area contributed by atoms with Crippen LogP contribution >= 0.6 is 46.7 Å². The number of ether oxygens (including phenoxy) is 2. The second-order valence-corrected chi connectivity index (χ2v) is 28.1. The van der Waals surface area contributed by atoms with Crippen LogP contribution in [0.5, 0.6) is 11.5 Å². The van der Waals surface area contributed by atoms with Crippen LogP contribution in [0.1, 0.15) is 150 Å². The second kappa shape index (κ2) is 26.6. The molecule has 2 aliphatic carbocycles. The fraction of sp³-hybridized carbons (Fsp3) is 0.417. The zero-order valence-electron chi connectivity index (χ0n) is 53.9. The number of carboxylic acid groups (broad SMARTS) is 2. The van der Waals surface area contributed by atoms with Crippen molar-refractivity contribution in [3.05, 3.63) is 172 Å². The zero-order valence-corrected chi connectivity index (χ0v) is 57.0. The summed E-state index contributed by atoms with van der Waals surface area (Å²) in [6.07, 6.45) is 14.0. The van der Waals surface area contributed by atoms with Crippen molar-refractivity contribution in [2.45, 2.75) is 154 Å². The van der Waals surface area contributed by atoms with E-state index >= 15 is 0 Å². The van der Waals surface area contributed by atoms with Gasteiger partial charge in [0.05, 0.1) is 36.0 Å². The Labute approximate surface area is 555 Å². The van der Waals surface area contributed by atoms with E-state index in [1.165, 1.54) is 70.5 Å². The number of benzene rings is 4. The monoisotopic (exact) mass is 1310 g/mol. The van der Waals surface area contributed by atoms with Gasteiger partial charge in [0.1, 0.15) is 22.9 Å². The van der Waals surface area contributed by atoms with E-state index in [2.05, 4.69) is 36.4 Å². The first-order valence-corrected chi connectivity index (χ1v) is 35.4. The van der Waals surface area contributed by atoms with Gasteiger partial charge in [-0.05, 0) is 211 Å². The number of fused-ring (bicyclic) bond motifs is 16. The minimum atomic E-state index is -0.943. The number of nitrogens with zero attached hydrogens (tertiary/aromatic N) is 10. The van der Waals surface area contributed by atoms with Gasteiger partial charge in [0.25, 0.3) is 0 Å². The molecule has 0 unspecified atom stereocenters. The molecule has 8 heterocycles. The molecule has 480 valence electrons. The highest BCUT2D eigenvalue weighted by Crippen LogP contribution is 2.46. The zero-order chi connectivity index (χ0) is 64.2. The predicted octanol–water partition coefficient (Wildman–Crippen LogP) is 15.2. The second-order valence-electron chi connectivity index (χ2n) is 25.3. The molecule has 14 rings (SSSR count). The van der Waals surface area contributed by atoms with Gasteiger partial charge in [-0.1, -0.05) is 35.3 Å². The first-order valence-electron chi connectivity index (χ1n) is 32.3. The molecule has 2 aliphatic heterocycles. The van der Waals surface area contributed by atoms with Crippen LogP contribution in [0.2, 0.25) is 10.0 Å². The summed E-state index contributed by atoms with van der Waals surface area (Å²) in [5.41, 5.74) is 23.9. The van der Waals surface area contributed by atoms with Gasteiger partial charge in [0.2, 0.25) is 0 Å². The van der Waals surface area contributed by atoms with E-state index < -0.39 is 11.9 Å². The van der Waals surface area contributed by atoms with E-state index in [4.69, 9.17) is 53.1 Å². The van der Waals surface area contributed by atoms with Crippen molar-refractivity contribution in [2.75, 3.05) is 13.2 Å². The van der Waals surface area contributed by atoms with Crippen LogP contribution in [-0.2, 0) is 116 Å². The third kappa shape index (κ3) is 12.2. The fourth-order valence-corrected chi connectivity index (χ4v) is 17.1. The normalized spacial score (nSPS) is 15.7. The molecule has 16 nitrogen and oxygen atoms in total. The Morgan fingerprint density at radius 2 is 0.891 bits per heavy atom. The Morgan fingerprint density at radius 3 is 1.30 bits per heavy atom. The Bertz CT molecular complexity index is 4260. The summed E-state index contributed by atoms with van der Waals surface area (Å²) in [6, 6.07) is 21.4. The molecule has 0 amide bonds. The summed E-state index contributed by atoms with van der Waals surface area (Å²) in [4.78, 5) is 25.5. The van der Waals surface area contributed by atoms with Gasteiger partial charge in [-0.15, -0.1) is 23.5 Å². The van der Waals surface area contributed by atoms with Gasteiger partial charge in [-0.3, -0.25) is 18.7 Å². The lowest BCUT2D eigenvalue weighted by molar-refractivity contribution is 0.0673. The van der Waals surface area contributed by atoms with Gasteiger partial charge in [0, 0.05) is 141 Å². The van der Waals surface area contributed by atoms with Crippen molar-refractivity contribution < 1.29 is 29.3 Å². The summed E-state index contributed by atoms with van der Waals surface area (Å²) in [5.74, 6) is 2.96. The highest BCUT2D eigenvalue weighted by molar-refractivity contribution is 7.97. The molecule has 0 atom stereocenters. The van der Waals surface area contributed by atoms with Crippen molar-refractivity contribution >= 4 is 80.5 Å². The lowest BCUT2D eigenvalue weighted by Gasteiger charge is -2.21. The fourth-order valence-electron chi connectivity index (χ4n) is 14.9. The van der Waals surface area contributed by atoms with Gasteiger partial charge in [-0.2, -0.15) is 20.4 Å². The molecular weight excluding hydrogens is 1240 g/mol. The molecule has 0 radical (unpaired) electrons. The molecule has 0 saturated heterocycles. The number of carbonyl (C=O) groups is 2. The summed E-state index contributed by atoms with van der Waals surface area (Å²) in [5, 5.41) is 43.3. The van der Waals surface area contributed by atoms with E-state index in [1.54, 1.807) is 23.5 Å². The van der Waals surface area contributed by atoms with E-state index in [0.29, 0.717) is 83.2 Å². The maximum absolute atomic E-state index is 12.7. The molecule has 0 fully saturated rings. The number of halogens is 2. The van der Waals surface area contributed by atoms with Crippen molar-refractivity contribution in [1.29, 1.82) is 0 Å². The Balaban J connectivity index is 0.000000168. The predicted molar refractivity (Wildman–Crippen MR) is 369 cm³/mol. The number of hydrogen-bond donors (Lipinski definition) is 2. The molecule has 4 aromatic carbocycles. The van der Waals surface area contributed by atoms with Crippen LogP contribution in [0.3, 0.4) is 0 Å². The number of rotatable bonds is 2. The number of aromatic carboxylic acids is 2. The van der Waals surface area contributed by atoms with Crippen molar-refractivity contribution in [2.24, 2.45) is 28.2 Å². The quantitative estimate of drug-likeness (QED) is 0.168. The highest BCUT2D eigenvalue weighted by atomic mass is 35.5. The average molecular weight is 1320 g/mol. The van der Waals surface area contributed by atoms with Crippen LogP contribution in [0, 0.1) is 27.7 Å². The number of aromatic nitrogens is 10. The highest BCUT2D eigenvalue weighted by Gasteiger charge is 2.30. The number of carboxylic acids is 2. The Kier molecular flexibility index (Phi) is 18.3. The third-order valence-corrected chi connectivity index (χ3v) is 22.1. The van der Waals surface area contributed by atoms with Crippen LogP contribution in [0.15, 0.2) is 60.7 Å². The van der Waals surface area contributed by atoms with Crippen molar-refractivity contribution in [1.82, 2.24) is 48.3 Å². The molecule has 6 aromatic heterocycles. The van der Waals surface area contributed by atoms with E-state index in [1.807, 2.05) is 108 Å². The maximum atomic E-state index is 12.7. The van der Waals surface area contributed by atoms with Crippen LogP contribution in [0.4, 0.5) is 0 Å². The Hall–Kier alpha value is -7.38. The molecule has 0 saturated carbocycles. The van der Waals surface area contributed by atoms with Crippen LogP contribution in [0.25, 0.3) is 44.1 Å². The van der Waals surface area contributed by atoms with Gasteiger partial charge >= 0.3 is 11.9 Å². The SMILES string of the molecule is Cc1c(C(=O)O)n2c3ccc(Cl)c(c13)-c1c(nn(C)c1C)CSCc1cc(n(C)n1)CCc1cc3c(c(c1)OCCC2)CCCC3.Cc1c(C(=O)O)n2c3ccc(Cl)c(c13)-c1c(nn(C)c1C)CSCc1cc(n(C)n1)CCc1cc3c(c(c1)OCCC2)CCCC3. The largest absolute Gasteiger partial charge is 0.493 e. The minimum Gasteiger partial charge on any atom is -0.493 e. The van der Waals surface area contributed by atoms with Gasteiger partial charge < -0.3 is 28.8 Å². The van der Waals surface area contributed by atoms with E-state index in [-0.39, 0.29) is 0 Å². The Morgan fingerprint density at radius 1 is 0.478 bits per heavy atom. The first-order chi connectivity index (χ1) is 44.4. The topological polar surface area (TPSA) is 174 Å². The summed E-state index contributed by atoms with van der Waals surface area (Å²) in [6.45, 7) is 9.94. The van der Waals surface area contributed by atoms with Crippen molar-refractivity contribution in [3.63, 3.8) is 0 Å². The lowest BCUT2D eigenvalue weighted by Crippen LogP contribution is -2.13. The van der Waals surface area contributed by atoms with Crippen molar-refractivity contribution in [3.8, 4) is 33.8 Å². The minimum absolute atomic E-state index is 0.295. The summed E-state index contributed by atoms with van der Waals surface area (Å²) < 4.78 is 24.7. The van der Waals surface area contributed by atoms with E-state index in [0.717, 1.165) is 153 Å². The first kappa shape index (κ1) is 63.4. The molecular formula is C72H80Cl2N10O6S2. The third-order valence-electron chi connectivity index (χ3n) is 19.5.